The maximum Gasteiger partial charge on any atom is 0.377 e. The van der Waals surface area contributed by atoms with E-state index in [9.17, 15) is 13.6 Å². The van der Waals surface area contributed by atoms with Crippen LogP contribution in [0.15, 0.2) is 54.6 Å². The number of esters is 1. The lowest BCUT2D eigenvalue weighted by atomic mass is 9.86. The van der Waals surface area contributed by atoms with Crippen LogP contribution in [0, 0.1) is 0 Å². The van der Waals surface area contributed by atoms with Crippen molar-refractivity contribution in [1.82, 2.24) is 0 Å². The average Bonchev–Trinajstić information content (AvgIpc) is 2.63. The predicted octanol–water partition coefficient (Wildman–Crippen LogP) is 4.61. The predicted molar refractivity (Wildman–Crippen MR) is 92.1 cm³/mol. The van der Waals surface area contributed by atoms with Gasteiger partial charge in [-0.3, -0.25) is 0 Å². The summed E-state index contributed by atoms with van der Waals surface area (Å²) >= 11 is 0. The smallest absolute Gasteiger partial charge is 0.377 e. The van der Waals surface area contributed by atoms with Gasteiger partial charge in [0.05, 0.1) is 19.6 Å². The molecule has 0 aliphatic carbocycles. The van der Waals surface area contributed by atoms with Gasteiger partial charge < -0.3 is 9.47 Å². The monoisotopic (exact) mass is 348 g/mol. The molecule has 25 heavy (non-hydrogen) atoms. The highest BCUT2D eigenvalue weighted by Crippen LogP contribution is 2.39. The Kier molecular flexibility index (Phi) is 6.51. The van der Waals surface area contributed by atoms with Crippen LogP contribution in [-0.4, -0.2) is 25.6 Å². The molecule has 0 saturated heterocycles. The van der Waals surface area contributed by atoms with Crippen molar-refractivity contribution in [2.24, 2.45) is 0 Å². The van der Waals surface area contributed by atoms with Crippen LogP contribution in [0.4, 0.5) is 8.78 Å². The van der Waals surface area contributed by atoms with E-state index in [0.717, 1.165) is 5.56 Å². The summed E-state index contributed by atoms with van der Waals surface area (Å²) in [6.45, 7) is 1.43. The highest BCUT2D eigenvalue weighted by molar-refractivity contribution is 5.79. The number of aryl methyl sites for hydroxylation is 1. The fraction of sp³-hybridized carbons (Fsp3) is 0.350. The minimum absolute atomic E-state index is 0.0854. The van der Waals surface area contributed by atoms with Crippen molar-refractivity contribution in [3.05, 3.63) is 65.7 Å². The summed E-state index contributed by atoms with van der Waals surface area (Å²) in [5, 5.41) is 0. The van der Waals surface area contributed by atoms with Crippen LogP contribution in [0.5, 0.6) is 5.75 Å². The number of ether oxygens (including phenoxy) is 2. The Morgan fingerprint density at radius 1 is 1.12 bits per heavy atom. The minimum atomic E-state index is -3.61. The van der Waals surface area contributed by atoms with E-state index >= 15 is 0 Å². The Morgan fingerprint density at radius 2 is 1.84 bits per heavy atom. The number of alkyl halides is 2. The van der Waals surface area contributed by atoms with Crippen molar-refractivity contribution in [2.45, 2.75) is 31.6 Å². The molecule has 0 unspecified atom stereocenters. The van der Waals surface area contributed by atoms with Crippen molar-refractivity contribution in [3.63, 3.8) is 0 Å². The summed E-state index contributed by atoms with van der Waals surface area (Å²) in [6.07, 6.45) is 0.542. The second-order valence-electron chi connectivity index (χ2n) is 5.70. The van der Waals surface area contributed by atoms with Crippen LogP contribution >= 0.6 is 0 Å². The molecule has 0 aliphatic heterocycles. The van der Waals surface area contributed by atoms with E-state index in [-0.39, 0.29) is 13.0 Å². The Bertz CT molecular complexity index is 686. The fourth-order valence-electron chi connectivity index (χ4n) is 2.74. The zero-order valence-electron chi connectivity index (χ0n) is 14.4. The van der Waals surface area contributed by atoms with Crippen molar-refractivity contribution in [1.29, 1.82) is 0 Å². The molecule has 5 heteroatoms. The maximum atomic E-state index is 14.8. The first kappa shape index (κ1) is 18.9. The largest absolute Gasteiger partial charge is 0.497 e. The molecule has 3 nitrogen and oxygen atoms in total. The number of hydrogen-bond acceptors (Lipinski definition) is 3. The third-order valence-electron chi connectivity index (χ3n) is 4.05. The van der Waals surface area contributed by atoms with Gasteiger partial charge in [-0.25, -0.2) is 4.79 Å². The molecule has 0 spiro atoms. The highest BCUT2D eigenvalue weighted by Gasteiger charge is 2.49. The van der Waals surface area contributed by atoms with Crippen LogP contribution in [0.1, 0.15) is 30.4 Å². The van der Waals surface area contributed by atoms with E-state index < -0.39 is 17.8 Å². The summed E-state index contributed by atoms with van der Waals surface area (Å²) in [5.41, 5.74) is 1.29. The first-order valence-electron chi connectivity index (χ1n) is 8.22. The summed E-state index contributed by atoms with van der Waals surface area (Å²) in [5.74, 6) is -5.92. The summed E-state index contributed by atoms with van der Waals surface area (Å²) < 4.78 is 39.3. The van der Waals surface area contributed by atoms with Gasteiger partial charge in [0.2, 0.25) is 0 Å². The zero-order valence-corrected chi connectivity index (χ0v) is 14.4. The quantitative estimate of drug-likeness (QED) is 0.654. The molecular weight excluding hydrogens is 326 g/mol. The molecule has 2 rings (SSSR count). The number of halogens is 2. The minimum Gasteiger partial charge on any atom is -0.497 e. The first-order valence-corrected chi connectivity index (χ1v) is 8.22. The number of rotatable bonds is 8. The molecule has 0 aromatic heterocycles. The van der Waals surface area contributed by atoms with Crippen molar-refractivity contribution < 1.29 is 23.0 Å². The van der Waals surface area contributed by atoms with Crippen LogP contribution in [0.3, 0.4) is 0 Å². The Balaban J connectivity index is 2.31. The normalized spacial score (nSPS) is 12.5. The van der Waals surface area contributed by atoms with Crippen LogP contribution in [0.2, 0.25) is 0 Å². The van der Waals surface area contributed by atoms with Crippen LogP contribution in [-0.2, 0) is 16.0 Å². The van der Waals surface area contributed by atoms with Gasteiger partial charge in [0, 0.05) is 0 Å². The van der Waals surface area contributed by atoms with E-state index in [4.69, 9.17) is 4.74 Å². The molecule has 2 aromatic carbocycles. The Labute approximate surface area is 146 Å². The van der Waals surface area contributed by atoms with E-state index in [1.165, 1.54) is 14.0 Å². The van der Waals surface area contributed by atoms with Gasteiger partial charge >= 0.3 is 11.9 Å². The third-order valence-corrected chi connectivity index (χ3v) is 4.05. The Morgan fingerprint density at radius 3 is 2.48 bits per heavy atom. The van der Waals surface area contributed by atoms with Gasteiger partial charge in [-0.15, -0.1) is 0 Å². The maximum absolute atomic E-state index is 14.8. The SMILES string of the molecule is CCOC(=O)C(F)(F)[C@H](CCc1ccccc1)c1cccc(OC)c1. The number of methoxy groups -OCH3 is 1. The number of hydrogen-bond donors (Lipinski definition) is 0. The summed E-state index contributed by atoms with van der Waals surface area (Å²) in [7, 11) is 1.47. The molecule has 2 aromatic rings. The summed E-state index contributed by atoms with van der Waals surface area (Å²) in [4.78, 5) is 11.8. The average molecular weight is 348 g/mol. The second-order valence-corrected chi connectivity index (χ2v) is 5.70. The third kappa shape index (κ3) is 4.78. The van der Waals surface area contributed by atoms with E-state index in [1.54, 1.807) is 24.3 Å². The molecule has 134 valence electrons. The summed E-state index contributed by atoms with van der Waals surface area (Å²) in [6, 6.07) is 15.8. The molecule has 0 heterocycles. The first-order chi connectivity index (χ1) is 12.0. The lowest BCUT2D eigenvalue weighted by Crippen LogP contribution is -2.37. The number of carbonyl (C=O) groups is 1. The highest BCUT2D eigenvalue weighted by atomic mass is 19.3. The molecular formula is C20H22F2O3. The van der Waals surface area contributed by atoms with Gasteiger partial charge in [-0.05, 0) is 43.0 Å². The van der Waals surface area contributed by atoms with E-state index in [0.29, 0.717) is 17.7 Å². The molecule has 0 N–H and O–H groups in total. The van der Waals surface area contributed by atoms with Gasteiger partial charge in [-0.2, -0.15) is 8.78 Å². The molecule has 0 radical (unpaired) electrons. The van der Waals surface area contributed by atoms with Gasteiger partial charge in [0.15, 0.2) is 0 Å². The van der Waals surface area contributed by atoms with Crippen molar-refractivity contribution in [3.8, 4) is 5.75 Å². The zero-order chi connectivity index (χ0) is 18.3. The molecule has 0 bridgehead atoms. The lowest BCUT2D eigenvalue weighted by Gasteiger charge is -2.26. The van der Waals surface area contributed by atoms with Crippen molar-refractivity contribution >= 4 is 5.97 Å². The van der Waals surface area contributed by atoms with Crippen LogP contribution in [0.25, 0.3) is 0 Å². The molecule has 1 atom stereocenters. The lowest BCUT2D eigenvalue weighted by molar-refractivity contribution is -0.175. The molecule has 0 aliphatic rings. The Hall–Kier alpha value is -2.43. The molecule has 0 saturated carbocycles. The molecule has 0 fully saturated rings. The van der Waals surface area contributed by atoms with Crippen molar-refractivity contribution in [2.75, 3.05) is 13.7 Å². The topological polar surface area (TPSA) is 35.5 Å². The molecule has 0 amide bonds. The van der Waals surface area contributed by atoms with Gasteiger partial charge in [-0.1, -0.05) is 42.5 Å². The standard InChI is InChI=1S/C20H22F2O3/c1-3-25-19(23)20(21,22)18(13-12-15-8-5-4-6-9-15)16-10-7-11-17(14-16)24-2/h4-11,14,18H,3,12-13H2,1-2H3/t18-/m1/s1. The fourth-order valence-corrected chi connectivity index (χ4v) is 2.74. The van der Waals surface area contributed by atoms with Crippen LogP contribution < -0.4 is 4.74 Å². The van der Waals surface area contributed by atoms with Gasteiger partial charge in [0.1, 0.15) is 5.75 Å². The number of carbonyl (C=O) groups excluding carboxylic acids is 1. The van der Waals surface area contributed by atoms with E-state index in [2.05, 4.69) is 4.74 Å². The number of benzene rings is 2. The second kappa shape index (κ2) is 8.60. The van der Waals surface area contributed by atoms with E-state index in [1.807, 2.05) is 30.3 Å². The van der Waals surface area contributed by atoms with Gasteiger partial charge in [0.25, 0.3) is 0 Å².